The molecule has 2 aromatic carbocycles. The number of hydrogen-bond donors (Lipinski definition) is 1. The average Bonchev–Trinajstić information content (AvgIpc) is 2.61. The lowest BCUT2D eigenvalue weighted by atomic mass is 10.2. The molecule has 0 heterocycles. The minimum atomic E-state index is -2.94. The monoisotopic (exact) mass is 383 g/mol. The van der Waals surface area contributed by atoms with Crippen molar-refractivity contribution in [2.75, 3.05) is 18.2 Å². The van der Waals surface area contributed by atoms with Crippen LogP contribution in [-0.2, 0) is 20.3 Å². The first kappa shape index (κ1) is 19.5. The van der Waals surface area contributed by atoms with Gasteiger partial charge in [-0.05, 0) is 36.4 Å². The summed E-state index contributed by atoms with van der Waals surface area (Å²) in [5.41, 5.74) is 0.442. The molecular weight excluding hydrogens is 368 g/mol. The molecule has 9 heteroatoms. The summed E-state index contributed by atoms with van der Waals surface area (Å²) in [7, 11) is -1.38. The Bertz CT molecular complexity index is 811. The molecule has 2 aromatic rings. The van der Waals surface area contributed by atoms with E-state index < -0.39 is 35.9 Å². The topological polar surface area (TPSA) is 81.7 Å². The zero-order valence-electron chi connectivity index (χ0n) is 13.6. The highest BCUT2D eigenvalue weighted by Crippen LogP contribution is 2.18. The van der Waals surface area contributed by atoms with Crippen LogP contribution in [0, 0.1) is 0 Å². The Morgan fingerprint density at radius 3 is 2.38 bits per heavy atom. The zero-order valence-corrected chi connectivity index (χ0v) is 14.4. The van der Waals surface area contributed by atoms with Crippen molar-refractivity contribution >= 4 is 28.4 Å². The molecule has 0 aliphatic rings. The van der Waals surface area contributed by atoms with E-state index in [1.807, 2.05) is 0 Å². The van der Waals surface area contributed by atoms with Gasteiger partial charge in [0.2, 0.25) is 0 Å². The second kappa shape index (κ2) is 9.04. The Labute approximate surface area is 150 Å². The molecule has 1 atom stereocenters. The van der Waals surface area contributed by atoms with Gasteiger partial charge in [0, 0.05) is 11.9 Å². The predicted molar refractivity (Wildman–Crippen MR) is 90.8 cm³/mol. The fraction of sp³-hybridized carbons (Fsp3) is 0.176. The first-order chi connectivity index (χ1) is 12.4. The van der Waals surface area contributed by atoms with Crippen LogP contribution in [0.2, 0.25) is 0 Å². The van der Waals surface area contributed by atoms with Crippen LogP contribution in [0.3, 0.4) is 0 Å². The number of carbonyl (C=O) groups is 2. The van der Waals surface area contributed by atoms with Crippen LogP contribution in [0.5, 0.6) is 5.75 Å². The largest absolute Gasteiger partial charge is 0.452 e. The number of anilines is 1. The molecule has 26 heavy (non-hydrogen) atoms. The van der Waals surface area contributed by atoms with Crippen molar-refractivity contribution in [3.05, 3.63) is 54.1 Å². The number of hydrogen-bond acceptors (Lipinski definition) is 5. The minimum Gasteiger partial charge on any atom is -0.452 e. The summed E-state index contributed by atoms with van der Waals surface area (Å²) in [6, 6.07) is 11.5. The number of benzene rings is 2. The van der Waals surface area contributed by atoms with Gasteiger partial charge in [-0.15, -0.1) is 0 Å². The van der Waals surface area contributed by atoms with E-state index in [9.17, 15) is 22.6 Å². The van der Waals surface area contributed by atoms with Gasteiger partial charge in [0.05, 0.1) is 21.3 Å². The van der Waals surface area contributed by atoms with Crippen molar-refractivity contribution in [3.8, 4) is 5.75 Å². The summed E-state index contributed by atoms with van der Waals surface area (Å²) < 4.78 is 44.9. The molecule has 0 aromatic heterocycles. The van der Waals surface area contributed by atoms with E-state index in [1.165, 1.54) is 42.7 Å². The van der Waals surface area contributed by atoms with Crippen molar-refractivity contribution in [1.29, 1.82) is 0 Å². The van der Waals surface area contributed by atoms with Crippen molar-refractivity contribution in [2.24, 2.45) is 0 Å². The van der Waals surface area contributed by atoms with E-state index in [0.717, 1.165) is 0 Å². The molecule has 0 spiro atoms. The smallest absolute Gasteiger partial charge is 0.387 e. The molecule has 0 fully saturated rings. The van der Waals surface area contributed by atoms with E-state index in [0.29, 0.717) is 10.6 Å². The molecule has 0 radical (unpaired) electrons. The van der Waals surface area contributed by atoms with Crippen LogP contribution in [0.25, 0.3) is 0 Å². The molecule has 1 N–H and O–H groups in total. The summed E-state index contributed by atoms with van der Waals surface area (Å²) in [5, 5.41) is 2.45. The highest BCUT2D eigenvalue weighted by Gasteiger charge is 2.16. The molecule has 0 aliphatic heterocycles. The molecule has 0 bridgehead atoms. The van der Waals surface area contributed by atoms with Crippen molar-refractivity contribution < 1.29 is 32.1 Å². The molecule has 138 valence electrons. The van der Waals surface area contributed by atoms with Crippen LogP contribution in [0.1, 0.15) is 10.4 Å². The molecule has 0 saturated heterocycles. The minimum absolute atomic E-state index is 0.0476. The van der Waals surface area contributed by atoms with Gasteiger partial charge in [0.15, 0.2) is 6.61 Å². The van der Waals surface area contributed by atoms with Crippen LogP contribution in [-0.4, -0.2) is 35.6 Å². The maximum atomic E-state index is 12.1. The van der Waals surface area contributed by atoms with Crippen molar-refractivity contribution in [1.82, 2.24) is 0 Å². The van der Waals surface area contributed by atoms with Crippen LogP contribution in [0.15, 0.2) is 53.4 Å². The Kier molecular flexibility index (Phi) is 6.79. The number of rotatable bonds is 7. The lowest BCUT2D eigenvalue weighted by Gasteiger charge is -2.09. The summed E-state index contributed by atoms with van der Waals surface area (Å²) in [6.07, 6.45) is 1.43. The lowest BCUT2D eigenvalue weighted by Crippen LogP contribution is -2.21. The number of ether oxygens (including phenoxy) is 2. The van der Waals surface area contributed by atoms with Crippen LogP contribution in [0.4, 0.5) is 14.5 Å². The molecule has 0 aliphatic carbocycles. The first-order valence-corrected chi connectivity index (χ1v) is 8.87. The summed E-state index contributed by atoms with van der Waals surface area (Å²) in [4.78, 5) is 24.2. The maximum Gasteiger partial charge on any atom is 0.387 e. The average molecular weight is 383 g/mol. The van der Waals surface area contributed by atoms with Gasteiger partial charge in [0.1, 0.15) is 5.75 Å². The van der Waals surface area contributed by atoms with E-state index in [2.05, 4.69) is 10.1 Å². The van der Waals surface area contributed by atoms with Gasteiger partial charge < -0.3 is 14.8 Å². The van der Waals surface area contributed by atoms with Gasteiger partial charge >= 0.3 is 12.6 Å². The molecule has 1 amide bonds. The molecule has 6 nitrogen and oxygen atoms in total. The Morgan fingerprint density at radius 2 is 1.77 bits per heavy atom. The Hall–Kier alpha value is -2.81. The summed E-state index contributed by atoms with van der Waals surface area (Å²) in [6.45, 7) is -3.49. The number of nitrogens with one attached hydrogen (secondary N) is 1. The number of amides is 1. The van der Waals surface area contributed by atoms with E-state index in [1.54, 1.807) is 12.1 Å². The van der Waals surface area contributed by atoms with Crippen molar-refractivity contribution in [3.63, 3.8) is 0 Å². The van der Waals surface area contributed by atoms with E-state index >= 15 is 0 Å². The molecular formula is C17H15F2NO5S. The van der Waals surface area contributed by atoms with E-state index in [4.69, 9.17) is 4.74 Å². The normalized spacial score (nSPS) is 11.7. The van der Waals surface area contributed by atoms with E-state index in [-0.39, 0.29) is 11.3 Å². The zero-order chi connectivity index (χ0) is 19.1. The second-order valence-electron chi connectivity index (χ2n) is 4.98. The molecule has 0 saturated carbocycles. The van der Waals surface area contributed by atoms with Gasteiger partial charge in [-0.25, -0.2) is 4.79 Å². The standard InChI is InChI=1S/C17H15F2NO5S/c1-26(23)14-5-3-2-4-13(14)16(22)24-10-15(21)20-11-6-8-12(9-7-11)25-17(18)19/h2-9,17H,10H2,1H3,(H,20,21)/t26-/m0/s1. The quantitative estimate of drug-likeness (QED) is 0.744. The Balaban J connectivity index is 1.91. The fourth-order valence-corrected chi connectivity index (χ4v) is 2.74. The molecule has 0 unspecified atom stereocenters. The SMILES string of the molecule is C[S@](=O)c1ccccc1C(=O)OCC(=O)Nc1ccc(OC(F)F)cc1. The fourth-order valence-electron chi connectivity index (χ4n) is 2.01. The maximum absolute atomic E-state index is 12.1. The van der Waals surface area contributed by atoms with Crippen LogP contribution < -0.4 is 10.1 Å². The summed E-state index contributed by atoms with van der Waals surface area (Å²) in [5.74, 6) is -1.43. The highest BCUT2D eigenvalue weighted by molar-refractivity contribution is 7.84. The Morgan fingerprint density at radius 1 is 1.12 bits per heavy atom. The molecule has 2 rings (SSSR count). The van der Waals surface area contributed by atoms with Crippen LogP contribution >= 0.6 is 0 Å². The lowest BCUT2D eigenvalue weighted by molar-refractivity contribution is -0.119. The number of halogens is 2. The van der Waals surface area contributed by atoms with Gasteiger partial charge in [-0.2, -0.15) is 8.78 Å². The second-order valence-corrected chi connectivity index (χ2v) is 6.33. The number of esters is 1. The third-order valence-corrected chi connectivity index (χ3v) is 4.09. The van der Waals surface area contributed by atoms with Gasteiger partial charge in [-0.1, -0.05) is 12.1 Å². The predicted octanol–water partition coefficient (Wildman–Crippen LogP) is 2.82. The van der Waals surface area contributed by atoms with Gasteiger partial charge in [0.25, 0.3) is 5.91 Å². The highest BCUT2D eigenvalue weighted by atomic mass is 32.2. The third-order valence-electron chi connectivity index (χ3n) is 3.11. The number of alkyl halides is 2. The third kappa shape index (κ3) is 5.62. The summed E-state index contributed by atoms with van der Waals surface area (Å²) >= 11 is 0. The van der Waals surface area contributed by atoms with Gasteiger partial charge in [-0.3, -0.25) is 9.00 Å². The van der Waals surface area contributed by atoms with Crippen molar-refractivity contribution in [2.45, 2.75) is 11.5 Å². The first-order valence-electron chi connectivity index (χ1n) is 7.31. The number of carbonyl (C=O) groups excluding carboxylic acids is 2.